The van der Waals surface area contributed by atoms with Crippen molar-refractivity contribution in [1.82, 2.24) is 15.1 Å². The number of hydrogen-bond acceptors (Lipinski definition) is 16. The zero-order valence-electron chi connectivity index (χ0n) is 23.3. The summed E-state index contributed by atoms with van der Waals surface area (Å²) in [4.78, 5) is 38.0. The van der Waals surface area contributed by atoms with Crippen LogP contribution in [0.3, 0.4) is 0 Å². The molecular weight excluding hydrogens is 611 g/mol. The van der Waals surface area contributed by atoms with E-state index in [4.69, 9.17) is 4.74 Å². The second-order valence-electron chi connectivity index (χ2n) is 10.4. The number of hydrogen-bond donors (Lipinski definition) is 12. The van der Waals surface area contributed by atoms with Crippen LogP contribution in [-0.4, -0.2) is 130 Å². The molecule has 246 valence electrons. The molecule has 18 nitrogen and oxygen atoms in total. The Kier molecular flexibility index (Phi) is 8.80. The van der Waals surface area contributed by atoms with E-state index in [1.54, 1.807) is 0 Å². The number of ether oxygens (including phenoxy) is 1. The highest BCUT2D eigenvalue weighted by atomic mass is 19.1. The smallest absolute Gasteiger partial charge is 0.281 e. The van der Waals surface area contributed by atoms with Crippen LogP contribution in [0.15, 0.2) is 36.4 Å². The minimum atomic E-state index is -4.27. The van der Waals surface area contributed by atoms with Crippen molar-refractivity contribution in [2.45, 2.75) is 35.3 Å². The van der Waals surface area contributed by atoms with Crippen molar-refractivity contribution < 1.29 is 74.6 Å². The molecule has 0 aliphatic carbocycles. The van der Waals surface area contributed by atoms with E-state index in [9.17, 15) is 65.4 Å². The van der Waals surface area contributed by atoms with Crippen LogP contribution >= 0.6 is 0 Å². The Morgan fingerprint density at radius 1 is 1.04 bits per heavy atom. The normalized spacial score (nSPS) is 18.4. The number of halogens is 1. The lowest BCUT2D eigenvalue weighted by Crippen LogP contribution is -2.73. The van der Waals surface area contributed by atoms with Crippen LogP contribution in [-0.2, 0) is 32.1 Å². The number of rotatable bonds is 10. The number of aldehydes is 1. The molecule has 0 saturated carbocycles. The maximum absolute atomic E-state index is 15.2. The molecule has 0 bridgehead atoms. The van der Waals surface area contributed by atoms with Gasteiger partial charge in [0.1, 0.15) is 5.82 Å². The molecule has 1 fully saturated rings. The van der Waals surface area contributed by atoms with Crippen LogP contribution in [0.25, 0.3) is 0 Å². The highest BCUT2D eigenvalue weighted by molar-refractivity contribution is 6.04. The molecule has 2 aliphatic rings. The Morgan fingerprint density at radius 2 is 1.67 bits per heavy atom. The van der Waals surface area contributed by atoms with Crippen molar-refractivity contribution in [3.8, 4) is 0 Å². The predicted molar refractivity (Wildman–Crippen MR) is 142 cm³/mol. The van der Waals surface area contributed by atoms with Gasteiger partial charge in [-0.3, -0.25) is 19.3 Å². The Balaban J connectivity index is 1.73. The summed E-state index contributed by atoms with van der Waals surface area (Å²) >= 11 is 0. The van der Waals surface area contributed by atoms with Crippen LogP contribution in [0.5, 0.6) is 0 Å². The van der Waals surface area contributed by atoms with Gasteiger partial charge >= 0.3 is 0 Å². The van der Waals surface area contributed by atoms with Gasteiger partial charge < -0.3 is 66.4 Å². The number of likely N-dealkylation sites (N-methyl/N-ethyl adjacent to an activating group) is 1. The van der Waals surface area contributed by atoms with Crippen LogP contribution in [0, 0.1) is 5.82 Å². The second-order valence-corrected chi connectivity index (χ2v) is 10.4. The molecule has 0 aromatic heterocycles. The lowest BCUT2D eigenvalue weighted by molar-refractivity contribution is -0.365. The largest absolute Gasteiger partial charge is 0.379 e. The molecule has 0 radical (unpaired) electrons. The molecule has 4 rings (SSSR count). The molecule has 2 amide bonds. The summed E-state index contributed by atoms with van der Waals surface area (Å²) in [7, 11) is 0.893. The first-order chi connectivity index (χ1) is 20.8. The van der Waals surface area contributed by atoms with Crippen molar-refractivity contribution in [2.75, 3.05) is 38.7 Å². The molecule has 0 spiro atoms. The zero-order valence-corrected chi connectivity index (χ0v) is 23.3. The van der Waals surface area contributed by atoms with Crippen LogP contribution in [0.4, 0.5) is 10.1 Å². The Bertz CT molecular complexity index is 1490. The molecule has 1 saturated heterocycles. The summed E-state index contributed by atoms with van der Waals surface area (Å²) < 4.78 is 20.4. The maximum atomic E-state index is 15.2. The number of nitrogens with one attached hydrogen (secondary N) is 2. The Hall–Kier alpha value is -3.70. The van der Waals surface area contributed by atoms with Gasteiger partial charge in [0.2, 0.25) is 5.91 Å². The van der Waals surface area contributed by atoms with Crippen LogP contribution in [0.2, 0.25) is 0 Å². The number of carbonyl (C=O) groups is 3. The fourth-order valence-electron chi connectivity index (χ4n) is 5.11. The maximum Gasteiger partial charge on any atom is 0.281 e. The van der Waals surface area contributed by atoms with E-state index < -0.39 is 81.6 Å². The van der Waals surface area contributed by atoms with Crippen molar-refractivity contribution in [2.24, 2.45) is 0 Å². The van der Waals surface area contributed by atoms with Gasteiger partial charge in [0.25, 0.3) is 35.2 Å². The first-order valence-corrected chi connectivity index (χ1v) is 13.1. The number of amides is 2. The lowest BCUT2D eigenvalue weighted by Gasteiger charge is -2.43. The SMILES string of the molecule is CNC(=O)C(N1C(=O)c2cccc(NC(O)(O)c3ccc(C(O)(O)N4CCOCC4)cc3F)c2C1(O)O)C(O)(O)C(O)(O)C=O. The number of benzene rings is 2. The summed E-state index contributed by atoms with van der Waals surface area (Å²) in [5, 5.41) is 110. The quantitative estimate of drug-likeness (QED) is 0.0851. The second kappa shape index (κ2) is 11.6. The van der Waals surface area contributed by atoms with Gasteiger partial charge in [-0.05, 0) is 24.3 Å². The number of anilines is 1. The summed E-state index contributed by atoms with van der Waals surface area (Å²) in [6, 6.07) is 2.30. The predicted octanol–water partition coefficient (Wildman–Crippen LogP) is -5.31. The standard InChI is InChI=1S/C26H31FN4O14/c1-28-20(33)19(23(37,38)22(35,36)12-32)31-21(34)14-3-2-4-17(18(14)26(31,43)44)29-24(39,40)15-6-5-13(11-16(15)27)25(41,42)30-7-9-45-10-8-30/h2-6,11-12,19,29,35-44H,7-10H2,1H3,(H,28,33). The van der Waals surface area contributed by atoms with E-state index in [1.807, 2.05) is 10.6 Å². The topological polar surface area (TPSA) is 293 Å². The lowest BCUT2D eigenvalue weighted by atomic mass is 9.95. The fraction of sp³-hybridized carbons (Fsp3) is 0.423. The van der Waals surface area contributed by atoms with Gasteiger partial charge in [-0.15, -0.1) is 0 Å². The summed E-state index contributed by atoms with van der Waals surface area (Å²) in [5.41, 5.74) is -3.67. The fourth-order valence-corrected chi connectivity index (χ4v) is 5.11. The number of morpholine rings is 1. The van der Waals surface area contributed by atoms with E-state index in [-0.39, 0.29) is 36.8 Å². The van der Waals surface area contributed by atoms with Crippen molar-refractivity contribution in [1.29, 1.82) is 0 Å². The van der Waals surface area contributed by atoms with Crippen molar-refractivity contribution >= 4 is 23.8 Å². The van der Waals surface area contributed by atoms with E-state index in [0.29, 0.717) is 6.07 Å². The number of fused-ring (bicyclic) bond motifs is 1. The highest BCUT2D eigenvalue weighted by Crippen LogP contribution is 2.44. The first-order valence-electron chi connectivity index (χ1n) is 13.1. The molecule has 1 unspecified atom stereocenters. The van der Waals surface area contributed by atoms with E-state index in [0.717, 1.165) is 37.4 Å². The van der Waals surface area contributed by atoms with E-state index in [1.165, 1.54) is 4.90 Å². The molecule has 2 aliphatic heterocycles. The average molecular weight is 643 g/mol. The molecule has 1 atom stereocenters. The molecule has 12 N–H and O–H groups in total. The van der Waals surface area contributed by atoms with E-state index >= 15 is 4.39 Å². The third-order valence-electron chi connectivity index (χ3n) is 7.52. The van der Waals surface area contributed by atoms with Gasteiger partial charge in [0.05, 0.1) is 29.9 Å². The summed E-state index contributed by atoms with van der Waals surface area (Å²) in [6.45, 7) is 0.507. The van der Waals surface area contributed by atoms with Gasteiger partial charge in [0.15, 0.2) is 12.3 Å². The molecule has 2 aromatic rings. The molecular formula is C26H31FN4O14. The number of carbonyl (C=O) groups excluding carboxylic acids is 3. The minimum Gasteiger partial charge on any atom is -0.379 e. The molecule has 2 heterocycles. The van der Waals surface area contributed by atoms with Crippen LogP contribution < -0.4 is 10.6 Å². The third-order valence-corrected chi connectivity index (χ3v) is 7.52. The Labute approximate surface area is 252 Å². The van der Waals surface area contributed by atoms with Gasteiger partial charge in [-0.1, -0.05) is 12.1 Å². The summed E-state index contributed by atoms with van der Waals surface area (Å²) in [6.07, 6.45) is -0.801. The molecule has 2 aromatic carbocycles. The third kappa shape index (κ3) is 5.65. The first kappa shape index (κ1) is 34.2. The summed E-state index contributed by atoms with van der Waals surface area (Å²) in [5.74, 6) is -22.8. The monoisotopic (exact) mass is 642 g/mol. The van der Waals surface area contributed by atoms with E-state index in [2.05, 4.69) is 0 Å². The molecule has 45 heavy (non-hydrogen) atoms. The van der Waals surface area contributed by atoms with Gasteiger partial charge in [0, 0.05) is 31.4 Å². The van der Waals surface area contributed by atoms with Crippen molar-refractivity contribution in [3.63, 3.8) is 0 Å². The van der Waals surface area contributed by atoms with Crippen molar-refractivity contribution in [3.05, 3.63) is 64.5 Å². The molecule has 19 heteroatoms. The van der Waals surface area contributed by atoms with Gasteiger partial charge in [-0.25, -0.2) is 9.29 Å². The van der Waals surface area contributed by atoms with Gasteiger partial charge in [-0.2, -0.15) is 0 Å². The minimum absolute atomic E-state index is 0.0853. The zero-order chi connectivity index (χ0) is 33.8. The average Bonchev–Trinajstić information content (AvgIpc) is 3.18. The highest BCUT2D eigenvalue weighted by Gasteiger charge is 2.65. The van der Waals surface area contributed by atoms with Crippen LogP contribution in [0.1, 0.15) is 27.0 Å². The number of nitrogens with zero attached hydrogens (tertiary/aromatic N) is 2. The Morgan fingerprint density at radius 3 is 2.22 bits per heavy atom. The number of aliphatic hydroxyl groups is 10.